The first-order valence-corrected chi connectivity index (χ1v) is 7.45. The number of carbonyl (C=O) groups is 1. The SMILES string of the molecule is N#CC(=CNc1ccc(C(=O)c2cccs2)cc1)c1nn[nH]n1. The Kier molecular flexibility index (Phi) is 4.22. The number of nitrogens with one attached hydrogen (secondary N) is 2. The molecule has 0 spiro atoms. The lowest BCUT2D eigenvalue weighted by molar-refractivity contribution is 0.104. The van der Waals surface area contributed by atoms with Gasteiger partial charge in [0, 0.05) is 17.5 Å². The summed E-state index contributed by atoms with van der Waals surface area (Å²) in [5.74, 6) is 0.205. The first-order valence-electron chi connectivity index (χ1n) is 6.57. The number of aromatic nitrogens is 4. The van der Waals surface area contributed by atoms with E-state index >= 15 is 0 Å². The van der Waals surface area contributed by atoms with Crippen molar-refractivity contribution in [2.45, 2.75) is 0 Å². The van der Waals surface area contributed by atoms with Gasteiger partial charge < -0.3 is 5.32 Å². The van der Waals surface area contributed by atoms with Crippen LogP contribution in [-0.2, 0) is 0 Å². The average Bonchev–Trinajstić information content (AvgIpc) is 3.29. The zero-order valence-corrected chi connectivity index (χ0v) is 12.5. The summed E-state index contributed by atoms with van der Waals surface area (Å²) in [5.41, 5.74) is 1.60. The van der Waals surface area contributed by atoms with E-state index in [0.717, 1.165) is 5.69 Å². The Balaban J connectivity index is 1.73. The second kappa shape index (κ2) is 6.64. The van der Waals surface area contributed by atoms with Gasteiger partial charge in [-0.3, -0.25) is 4.79 Å². The second-order valence-electron chi connectivity index (χ2n) is 4.43. The predicted octanol–water partition coefficient (Wildman–Crippen LogP) is 2.47. The van der Waals surface area contributed by atoms with Crippen LogP contribution < -0.4 is 5.32 Å². The highest BCUT2D eigenvalue weighted by molar-refractivity contribution is 7.12. The summed E-state index contributed by atoms with van der Waals surface area (Å²) in [7, 11) is 0. The van der Waals surface area contributed by atoms with Crippen molar-refractivity contribution in [1.29, 1.82) is 5.26 Å². The summed E-state index contributed by atoms with van der Waals surface area (Å²) >= 11 is 1.41. The summed E-state index contributed by atoms with van der Waals surface area (Å²) in [4.78, 5) is 12.9. The molecule has 0 radical (unpaired) electrons. The van der Waals surface area contributed by atoms with Crippen LogP contribution in [0, 0.1) is 11.3 Å². The third kappa shape index (κ3) is 3.30. The van der Waals surface area contributed by atoms with Crippen molar-refractivity contribution in [3.63, 3.8) is 0 Å². The molecule has 0 bridgehead atoms. The summed E-state index contributed by atoms with van der Waals surface area (Å²) < 4.78 is 0. The summed E-state index contributed by atoms with van der Waals surface area (Å²) in [6, 6.07) is 12.6. The monoisotopic (exact) mass is 322 g/mol. The van der Waals surface area contributed by atoms with Gasteiger partial charge in [-0.15, -0.1) is 21.5 Å². The molecular weight excluding hydrogens is 312 g/mol. The number of nitrogens with zero attached hydrogens (tertiary/aromatic N) is 4. The smallest absolute Gasteiger partial charge is 0.216 e. The molecule has 0 aliphatic heterocycles. The zero-order chi connectivity index (χ0) is 16.1. The molecule has 0 fully saturated rings. The van der Waals surface area contributed by atoms with Gasteiger partial charge in [-0.2, -0.15) is 10.5 Å². The molecule has 0 saturated carbocycles. The van der Waals surface area contributed by atoms with Crippen LogP contribution in [0.4, 0.5) is 5.69 Å². The van der Waals surface area contributed by atoms with Crippen molar-refractivity contribution in [2.24, 2.45) is 0 Å². The van der Waals surface area contributed by atoms with Gasteiger partial charge in [0.2, 0.25) is 11.6 Å². The molecule has 0 unspecified atom stereocenters. The minimum atomic E-state index is -0.00777. The number of allylic oxidation sites excluding steroid dienone is 1. The van der Waals surface area contributed by atoms with Gasteiger partial charge >= 0.3 is 0 Å². The van der Waals surface area contributed by atoms with Gasteiger partial charge in [0.15, 0.2) is 0 Å². The number of anilines is 1. The van der Waals surface area contributed by atoms with Crippen molar-refractivity contribution < 1.29 is 4.79 Å². The molecule has 112 valence electrons. The number of tetrazole rings is 1. The molecule has 0 aliphatic carbocycles. The molecule has 1 aromatic carbocycles. The molecule has 2 aromatic heterocycles. The standard InChI is InChI=1S/C15H10N6OS/c16-8-11(15-18-20-21-19-15)9-17-12-5-3-10(4-6-12)14(22)13-2-1-7-23-13/h1-7,9,17H,(H,18,19,20,21). The third-order valence-corrected chi connectivity index (χ3v) is 3.85. The fourth-order valence-corrected chi connectivity index (χ4v) is 2.53. The molecule has 0 saturated heterocycles. The van der Waals surface area contributed by atoms with Crippen LogP contribution in [0.1, 0.15) is 21.1 Å². The fraction of sp³-hybridized carbons (Fsp3) is 0. The number of carbonyl (C=O) groups excluding carboxylic acids is 1. The summed E-state index contributed by atoms with van der Waals surface area (Å²) in [6.07, 6.45) is 1.49. The molecule has 7 nitrogen and oxygen atoms in total. The lowest BCUT2D eigenvalue weighted by Crippen LogP contribution is -1.99. The number of hydrogen-bond donors (Lipinski definition) is 2. The van der Waals surface area contributed by atoms with Crippen LogP contribution in [0.25, 0.3) is 5.57 Å². The van der Waals surface area contributed by atoms with E-state index in [9.17, 15) is 4.79 Å². The van der Waals surface area contributed by atoms with E-state index in [4.69, 9.17) is 5.26 Å². The van der Waals surface area contributed by atoms with Crippen LogP contribution in [0.15, 0.2) is 48.0 Å². The van der Waals surface area contributed by atoms with Crippen molar-refractivity contribution in [2.75, 3.05) is 5.32 Å². The van der Waals surface area contributed by atoms with E-state index < -0.39 is 0 Å². The maximum absolute atomic E-state index is 12.2. The van der Waals surface area contributed by atoms with Gasteiger partial charge in [0.05, 0.1) is 4.88 Å². The molecule has 3 aromatic rings. The van der Waals surface area contributed by atoms with Crippen LogP contribution >= 0.6 is 11.3 Å². The van der Waals surface area contributed by atoms with Gasteiger partial charge in [0.1, 0.15) is 11.6 Å². The van der Waals surface area contributed by atoms with Gasteiger partial charge in [-0.1, -0.05) is 6.07 Å². The molecule has 23 heavy (non-hydrogen) atoms. The Morgan fingerprint density at radius 2 is 2.13 bits per heavy atom. The van der Waals surface area contributed by atoms with E-state index in [1.54, 1.807) is 30.3 Å². The average molecular weight is 322 g/mol. The second-order valence-corrected chi connectivity index (χ2v) is 5.38. The molecule has 0 amide bonds. The number of ketones is 1. The Morgan fingerprint density at radius 3 is 2.74 bits per heavy atom. The first kappa shape index (κ1) is 14.6. The zero-order valence-electron chi connectivity index (χ0n) is 11.7. The highest BCUT2D eigenvalue weighted by Crippen LogP contribution is 2.17. The van der Waals surface area contributed by atoms with Crippen molar-refractivity contribution in [3.05, 3.63) is 64.2 Å². The summed E-state index contributed by atoms with van der Waals surface area (Å²) in [5, 5.41) is 27.1. The molecule has 3 rings (SSSR count). The van der Waals surface area contributed by atoms with Crippen molar-refractivity contribution in [3.8, 4) is 6.07 Å². The summed E-state index contributed by atoms with van der Waals surface area (Å²) in [6.45, 7) is 0. The van der Waals surface area contributed by atoms with Gasteiger partial charge in [-0.25, -0.2) is 0 Å². The van der Waals surface area contributed by atoms with E-state index in [0.29, 0.717) is 10.4 Å². The lowest BCUT2D eigenvalue weighted by Gasteiger charge is -2.03. The normalized spacial score (nSPS) is 11.0. The van der Waals surface area contributed by atoms with Gasteiger partial charge in [-0.05, 0) is 40.9 Å². The maximum Gasteiger partial charge on any atom is 0.216 e. The van der Waals surface area contributed by atoms with E-state index in [2.05, 4.69) is 25.9 Å². The minimum Gasteiger partial charge on any atom is -0.360 e. The molecule has 0 aliphatic rings. The number of rotatable bonds is 5. The Morgan fingerprint density at radius 1 is 1.30 bits per heavy atom. The van der Waals surface area contributed by atoms with Crippen molar-refractivity contribution >= 4 is 28.4 Å². The van der Waals surface area contributed by atoms with Crippen LogP contribution in [0.5, 0.6) is 0 Å². The highest BCUT2D eigenvalue weighted by Gasteiger charge is 2.09. The molecule has 2 N–H and O–H groups in total. The quantitative estimate of drug-likeness (QED) is 0.552. The Hall–Kier alpha value is -3.31. The number of hydrogen-bond acceptors (Lipinski definition) is 7. The Labute approximate surface area is 135 Å². The number of aromatic amines is 1. The largest absolute Gasteiger partial charge is 0.360 e. The maximum atomic E-state index is 12.2. The number of nitriles is 1. The number of thiophene rings is 1. The van der Waals surface area contributed by atoms with Crippen LogP contribution in [0.3, 0.4) is 0 Å². The van der Waals surface area contributed by atoms with E-state index in [1.165, 1.54) is 17.5 Å². The number of benzene rings is 1. The first-order chi connectivity index (χ1) is 11.3. The van der Waals surface area contributed by atoms with Crippen LogP contribution in [0.2, 0.25) is 0 Å². The van der Waals surface area contributed by atoms with Crippen molar-refractivity contribution in [1.82, 2.24) is 20.6 Å². The molecule has 8 heteroatoms. The number of H-pyrrole nitrogens is 1. The molecular formula is C15H10N6OS. The van der Waals surface area contributed by atoms with Gasteiger partial charge in [0.25, 0.3) is 0 Å². The van der Waals surface area contributed by atoms with Crippen LogP contribution in [-0.4, -0.2) is 26.4 Å². The fourth-order valence-electron chi connectivity index (χ4n) is 1.85. The molecule has 2 heterocycles. The topological polar surface area (TPSA) is 107 Å². The molecule has 0 atom stereocenters. The van der Waals surface area contributed by atoms with E-state index in [1.807, 2.05) is 17.5 Å². The lowest BCUT2D eigenvalue weighted by atomic mass is 10.1. The Bertz CT molecular complexity index is 860. The highest BCUT2D eigenvalue weighted by atomic mass is 32.1. The predicted molar refractivity (Wildman–Crippen MR) is 85.6 cm³/mol. The van der Waals surface area contributed by atoms with E-state index in [-0.39, 0.29) is 17.2 Å². The third-order valence-electron chi connectivity index (χ3n) is 2.98. The minimum absolute atomic E-state index is 0.00777.